The molecule has 4 rings (SSSR count). The molecule has 32 heavy (non-hydrogen) atoms. The van der Waals surface area contributed by atoms with Gasteiger partial charge in [-0.05, 0) is 36.8 Å². The Morgan fingerprint density at radius 3 is 2.97 bits per heavy atom. The molecule has 1 amide bonds. The molecule has 0 unspecified atom stereocenters. The van der Waals surface area contributed by atoms with Crippen LogP contribution in [0, 0.1) is 6.92 Å². The first-order valence-electron chi connectivity index (χ1n) is 9.73. The summed E-state index contributed by atoms with van der Waals surface area (Å²) in [5.41, 5.74) is 1.91. The Morgan fingerprint density at radius 2 is 2.16 bits per heavy atom. The van der Waals surface area contributed by atoms with E-state index in [1.54, 1.807) is 12.1 Å². The van der Waals surface area contributed by atoms with Crippen molar-refractivity contribution in [1.82, 2.24) is 19.7 Å². The Kier molecular flexibility index (Phi) is 7.09. The highest BCUT2D eigenvalue weighted by Gasteiger charge is 2.15. The number of hydrogen-bond donors (Lipinski definition) is 1. The Bertz CT molecular complexity index is 1240. The van der Waals surface area contributed by atoms with Crippen LogP contribution in [0.2, 0.25) is 5.02 Å². The second kappa shape index (κ2) is 10.2. The number of aromatic nitrogens is 4. The molecule has 7 nitrogen and oxygen atoms in total. The topological polar surface area (TPSA) is 81.9 Å². The van der Waals surface area contributed by atoms with Crippen molar-refractivity contribution in [3.05, 3.63) is 71.5 Å². The molecule has 2 aromatic heterocycles. The van der Waals surface area contributed by atoms with E-state index >= 15 is 0 Å². The standard InChI is InChI=1S/C22H20ClN5O2S2/c1-3-10-28-19(12-30-17-11-14(2)8-9-15(17)23)26-27-22(28)31-13-20(29)25-21-24-16-6-4-5-7-18(16)32-21/h3-9,11H,1,10,12-13H2,2H3,(H,24,25,29). The summed E-state index contributed by atoms with van der Waals surface area (Å²) in [7, 11) is 0. The summed E-state index contributed by atoms with van der Waals surface area (Å²) in [6.07, 6.45) is 1.75. The molecular weight excluding hydrogens is 466 g/mol. The number of benzene rings is 2. The normalized spacial score (nSPS) is 10.9. The minimum Gasteiger partial charge on any atom is -0.484 e. The number of fused-ring (bicyclic) bond motifs is 1. The molecule has 0 spiro atoms. The highest BCUT2D eigenvalue weighted by molar-refractivity contribution is 7.99. The minimum atomic E-state index is -0.161. The molecule has 0 saturated carbocycles. The third-order valence-electron chi connectivity index (χ3n) is 4.42. The number of amides is 1. The summed E-state index contributed by atoms with van der Waals surface area (Å²) in [5.74, 6) is 1.22. The minimum absolute atomic E-state index is 0.161. The lowest BCUT2D eigenvalue weighted by Crippen LogP contribution is -2.14. The molecule has 1 N–H and O–H groups in total. The molecule has 4 aromatic rings. The maximum absolute atomic E-state index is 12.4. The Balaban J connectivity index is 1.39. The fourth-order valence-corrected chi connectivity index (χ4v) is 4.74. The first kappa shape index (κ1) is 22.3. The van der Waals surface area contributed by atoms with Crippen molar-refractivity contribution in [2.45, 2.75) is 25.2 Å². The second-order valence-corrected chi connectivity index (χ2v) is 9.22. The van der Waals surface area contributed by atoms with Crippen molar-refractivity contribution in [3.63, 3.8) is 0 Å². The molecule has 164 valence electrons. The average Bonchev–Trinajstić information content (AvgIpc) is 3.36. The number of ether oxygens (including phenoxy) is 1. The SMILES string of the molecule is C=CCn1c(COc2cc(C)ccc2Cl)nnc1SCC(=O)Nc1nc2ccccc2s1. The van der Waals surface area contributed by atoms with Gasteiger partial charge in [0.15, 0.2) is 16.1 Å². The van der Waals surface area contributed by atoms with Gasteiger partial charge < -0.3 is 10.1 Å². The predicted molar refractivity (Wildman–Crippen MR) is 130 cm³/mol. The smallest absolute Gasteiger partial charge is 0.236 e. The van der Waals surface area contributed by atoms with Crippen LogP contribution in [-0.4, -0.2) is 31.4 Å². The van der Waals surface area contributed by atoms with Gasteiger partial charge in [-0.1, -0.05) is 59.0 Å². The lowest BCUT2D eigenvalue weighted by molar-refractivity contribution is -0.113. The number of para-hydroxylation sites is 1. The number of halogens is 1. The maximum Gasteiger partial charge on any atom is 0.236 e. The summed E-state index contributed by atoms with van der Waals surface area (Å²) in [6.45, 7) is 6.46. The second-order valence-electron chi connectivity index (χ2n) is 6.84. The molecule has 0 bridgehead atoms. The van der Waals surface area contributed by atoms with Crippen molar-refractivity contribution in [2.75, 3.05) is 11.1 Å². The molecule has 0 saturated heterocycles. The van der Waals surface area contributed by atoms with Crippen LogP contribution >= 0.6 is 34.7 Å². The Hall–Kier alpha value is -2.88. The number of aryl methyl sites for hydroxylation is 1. The van der Waals surface area contributed by atoms with Gasteiger partial charge in [0.05, 0.1) is 21.0 Å². The van der Waals surface area contributed by atoms with Crippen LogP contribution in [0.15, 0.2) is 60.3 Å². The van der Waals surface area contributed by atoms with Crippen molar-refractivity contribution >= 4 is 56.0 Å². The van der Waals surface area contributed by atoms with Gasteiger partial charge in [-0.3, -0.25) is 9.36 Å². The monoisotopic (exact) mass is 485 g/mol. The highest BCUT2D eigenvalue weighted by Crippen LogP contribution is 2.27. The van der Waals surface area contributed by atoms with E-state index in [2.05, 4.69) is 27.1 Å². The number of allylic oxidation sites excluding steroid dienone is 1. The Morgan fingerprint density at radius 1 is 1.31 bits per heavy atom. The average molecular weight is 486 g/mol. The summed E-state index contributed by atoms with van der Waals surface area (Å²) in [5, 5.41) is 13.0. The van der Waals surface area contributed by atoms with E-state index in [0.29, 0.717) is 33.4 Å². The summed E-state index contributed by atoms with van der Waals surface area (Å²) in [6, 6.07) is 13.4. The van der Waals surface area contributed by atoms with Crippen LogP contribution < -0.4 is 10.1 Å². The third kappa shape index (κ3) is 5.29. The maximum atomic E-state index is 12.4. The van der Waals surface area contributed by atoms with Crippen LogP contribution in [0.5, 0.6) is 5.75 Å². The van der Waals surface area contributed by atoms with Crippen molar-refractivity contribution in [2.24, 2.45) is 0 Å². The number of carbonyl (C=O) groups is 1. The van der Waals surface area contributed by atoms with Gasteiger partial charge in [-0.25, -0.2) is 4.98 Å². The number of carbonyl (C=O) groups excluding carboxylic acids is 1. The van der Waals surface area contributed by atoms with E-state index in [-0.39, 0.29) is 18.3 Å². The summed E-state index contributed by atoms with van der Waals surface area (Å²) >= 11 is 8.95. The summed E-state index contributed by atoms with van der Waals surface area (Å²) in [4.78, 5) is 16.9. The van der Waals surface area contributed by atoms with Gasteiger partial charge in [0.2, 0.25) is 5.91 Å². The quantitative estimate of drug-likeness (QED) is 0.254. The molecule has 0 fully saturated rings. The third-order valence-corrected chi connectivity index (χ3v) is 6.65. The zero-order valence-corrected chi connectivity index (χ0v) is 19.6. The van der Waals surface area contributed by atoms with Gasteiger partial charge >= 0.3 is 0 Å². The largest absolute Gasteiger partial charge is 0.484 e. The fourth-order valence-electron chi connectivity index (χ4n) is 2.92. The predicted octanol–water partition coefficient (Wildman–Crippen LogP) is 5.35. The first-order chi connectivity index (χ1) is 15.5. The molecule has 2 heterocycles. The van der Waals surface area contributed by atoms with Gasteiger partial charge in [0.25, 0.3) is 0 Å². The van der Waals surface area contributed by atoms with E-state index in [1.807, 2.05) is 47.9 Å². The highest BCUT2D eigenvalue weighted by atomic mass is 35.5. The molecule has 0 aliphatic carbocycles. The van der Waals surface area contributed by atoms with E-state index in [1.165, 1.54) is 23.1 Å². The first-order valence-corrected chi connectivity index (χ1v) is 11.9. The van der Waals surface area contributed by atoms with Crippen LogP contribution in [0.4, 0.5) is 5.13 Å². The van der Waals surface area contributed by atoms with Crippen LogP contribution in [-0.2, 0) is 17.9 Å². The van der Waals surface area contributed by atoms with E-state index in [9.17, 15) is 4.79 Å². The van der Waals surface area contributed by atoms with Crippen LogP contribution in [0.1, 0.15) is 11.4 Å². The molecule has 2 aromatic carbocycles. The molecule has 0 aliphatic heterocycles. The van der Waals surface area contributed by atoms with Crippen LogP contribution in [0.25, 0.3) is 10.2 Å². The number of rotatable bonds is 9. The number of nitrogens with zero attached hydrogens (tertiary/aromatic N) is 4. The van der Waals surface area contributed by atoms with Crippen molar-refractivity contribution in [3.8, 4) is 5.75 Å². The molecule has 0 atom stereocenters. The van der Waals surface area contributed by atoms with Gasteiger partial charge in [0, 0.05) is 6.54 Å². The number of nitrogens with one attached hydrogen (secondary N) is 1. The molecule has 10 heteroatoms. The van der Waals surface area contributed by atoms with Crippen molar-refractivity contribution < 1.29 is 9.53 Å². The summed E-state index contributed by atoms with van der Waals surface area (Å²) < 4.78 is 8.75. The molecule has 0 aliphatic rings. The van der Waals surface area contributed by atoms with E-state index < -0.39 is 0 Å². The van der Waals surface area contributed by atoms with Gasteiger partial charge in [0.1, 0.15) is 12.4 Å². The number of thioether (sulfide) groups is 1. The van der Waals surface area contributed by atoms with E-state index in [4.69, 9.17) is 16.3 Å². The fraction of sp³-hybridized carbons (Fsp3) is 0.182. The zero-order chi connectivity index (χ0) is 22.5. The van der Waals surface area contributed by atoms with Gasteiger partial charge in [-0.2, -0.15) is 0 Å². The lowest BCUT2D eigenvalue weighted by atomic mass is 10.2. The number of hydrogen-bond acceptors (Lipinski definition) is 7. The molecule has 0 radical (unpaired) electrons. The van der Waals surface area contributed by atoms with Gasteiger partial charge in [-0.15, -0.1) is 16.8 Å². The Labute approximate surface area is 198 Å². The van der Waals surface area contributed by atoms with Crippen molar-refractivity contribution in [1.29, 1.82) is 0 Å². The number of thiazole rings is 1. The lowest BCUT2D eigenvalue weighted by Gasteiger charge is -2.10. The van der Waals surface area contributed by atoms with Crippen LogP contribution in [0.3, 0.4) is 0 Å². The molecular formula is C22H20ClN5O2S2. The van der Waals surface area contributed by atoms with E-state index in [0.717, 1.165) is 15.8 Å². The number of anilines is 1. The zero-order valence-electron chi connectivity index (χ0n) is 17.2.